The molecule has 4 aliphatic heterocycles. The lowest BCUT2D eigenvalue weighted by Gasteiger charge is -2.60. The Labute approximate surface area is 402 Å². The van der Waals surface area contributed by atoms with Crippen molar-refractivity contribution in [1.82, 2.24) is 20.4 Å². The van der Waals surface area contributed by atoms with Crippen molar-refractivity contribution in [1.29, 1.82) is 5.26 Å². The summed E-state index contributed by atoms with van der Waals surface area (Å²) in [4.78, 5) is 32.7. The fourth-order valence-corrected chi connectivity index (χ4v) is 12.4. The van der Waals surface area contributed by atoms with Crippen molar-refractivity contribution in [3.63, 3.8) is 0 Å². The first-order valence-corrected chi connectivity index (χ1v) is 24.4. The van der Waals surface area contributed by atoms with Crippen molar-refractivity contribution in [2.75, 3.05) is 66.1 Å². The van der Waals surface area contributed by atoms with Crippen LogP contribution in [0.15, 0.2) is 54.6 Å². The third-order valence-electron chi connectivity index (χ3n) is 14.0. The maximum absolute atomic E-state index is 14.8. The van der Waals surface area contributed by atoms with E-state index < -0.39 is 41.8 Å². The van der Waals surface area contributed by atoms with Crippen molar-refractivity contribution in [2.45, 2.75) is 95.2 Å². The van der Waals surface area contributed by atoms with Gasteiger partial charge in [-0.25, -0.2) is 4.79 Å². The molecule has 5 aliphatic rings. The zero-order valence-electron chi connectivity index (χ0n) is 40.0. The lowest BCUT2D eigenvalue weighted by atomic mass is 9.71. The molecule has 0 spiro atoms. The molecule has 4 heterocycles. The average molecular weight is 948 g/mol. The van der Waals surface area contributed by atoms with E-state index in [1.807, 2.05) is 14.0 Å². The number of carbonyl (C=O) groups is 2. The fraction of sp³-hybridized carbons (Fsp3) is 0.481. The normalized spacial score (nSPS) is 21.6. The minimum absolute atomic E-state index is 0.0171. The van der Waals surface area contributed by atoms with Crippen LogP contribution in [0, 0.1) is 25.2 Å². The molecule has 16 heteroatoms. The van der Waals surface area contributed by atoms with Crippen LogP contribution >= 0.6 is 11.8 Å². The van der Waals surface area contributed by atoms with Crippen molar-refractivity contribution >= 4 is 23.8 Å². The first kappa shape index (κ1) is 47.4. The Kier molecular flexibility index (Phi) is 13.5. The number of benzene rings is 4. The van der Waals surface area contributed by atoms with Crippen LogP contribution in [0.25, 0.3) is 11.1 Å². The highest BCUT2D eigenvalue weighted by atomic mass is 32.2. The van der Waals surface area contributed by atoms with E-state index in [-0.39, 0.29) is 49.6 Å². The summed E-state index contributed by atoms with van der Waals surface area (Å²) in [5.41, 5.74) is 8.82. The number of piperazine rings is 1. The largest absolute Gasteiger partial charge is 0.507 e. The number of aryl methyl sites for hydroxylation is 1. The first-order chi connectivity index (χ1) is 32.8. The standard InChI is InChI=1S/C52H61N5O10S/c1-28-19-30-20-38-40(22-53)57-39(44(56(38)6)42(30)48(46(28)62-8)64-26-63-18-17-61-7)21-35-43(49-47(65-27-66-49)29(2)45(35)58)41(57)23-54-50(59)37(55-51(60)67-52(3,4)5)25-68-24-36-33-15-11-9-13-31(33)32-14-10-12-16-34(32)36/h9-16,19,36-41,44,58H,17-18,20-21,23-27H2,1-8H3,(H,54,59)(H,55,60)/t37-,38+,39?,40-,41-,44-/m0/s1. The summed E-state index contributed by atoms with van der Waals surface area (Å²) < 4.78 is 41.4. The average Bonchev–Trinajstić information content (AvgIpc) is 3.93. The van der Waals surface area contributed by atoms with Gasteiger partial charge in [0.1, 0.15) is 23.4 Å². The van der Waals surface area contributed by atoms with Gasteiger partial charge in [-0.2, -0.15) is 17.0 Å². The zero-order chi connectivity index (χ0) is 48.0. The second-order valence-corrected chi connectivity index (χ2v) is 20.2. The number of likely N-dealkylation sites (N-methyl/N-ethyl adjacent to an activating group) is 1. The maximum atomic E-state index is 14.8. The topological polar surface area (TPSA) is 173 Å². The minimum atomic E-state index is -0.982. The third-order valence-corrected chi connectivity index (χ3v) is 15.1. The number of phenolic OH excluding ortho intramolecular Hbond substituents is 1. The van der Waals surface area contributed by atoms with Gasteiger partial charge in [0.25, 0.3) is 0 Å². The number of nitrogens with zero attached hydrogens (tertiary/aromatic N) is 3. The van der Waals surface area contributed by atoms with Gasteiger partial charge in [0.2, 0.25) is 12.7 Å². The summed E-state index contributed by atoms with van der Waals surface area (Å²) in [5.74, 6) is 2.78. The molecule has 2 bridgehead atoms. The Balaban J connectivity index is 1.06. The number of hydrogen-bond donors (Lipinski definition) is 3. The van der Waals surface area contributed by atoms with Crippen molar-refractivity contribution in [3.05, 3.63) is 99.1 Å². The summed E-state index contributed by atoms with van der Waals surface area (Å²) in [6.45, 7) is 9.81. The highest BCUT2D eigenvalue weighted by molar-refractivity contribution is 7.99. The smallest absolute Gasteiger partial charge is 0.408 e. The number of hydrogen-bond acceptors (Lipinski definition) is 14. The predicted molar refractivity (Wildman–Crippen MR) is 257 cm³/mol. The number of fused-ring (bicyclic) bond motifs is 12. The number of nitriles is 1. The summed E-state index contributed by atoms with van der Waals surface area (Å²) in [6.07, 6.45) is 0.174. The van der Waals surface area contributed by atoms with Gasteiger partial charge < -0.3 is 48.9 Å². The van der Waals surface area contributed by atoms with Gasteiger partial charge in [-0.3, -0.25) is 14.6 Å². The van der Waals surface area contributed by atoms with Crippen LogP contribution in [-0.4, -0.2) is 123 Å². The molecule has 1 saturated heterocycles. The summed E-state index contributed by atoms with van der Waals surface area (Å²) in [6, 6.07) is 18.3. The zero-order valence-corrected chi connectivity index (χ0v) is 40.8. The van der Waals surface area contributed by atoms with Crippen LogP contribution in [0.4, 0.5) is 4.79 Å². The van der Waals surface area contributed by atoms with E-state index in [0.717, 1.165) is 16.7 Å². The van der Waals surface area contributed by atoms with Gasteiger partial charge in [0, 0.05) is 65.4 Å². The van der Waals surface area contributed by atoms with E-state index in [2.05, 4.69) is 81.1 Å². The molecule has 0 aromatic heterocycles. The predicted octanol–water partition coefficient (Wildman–Crippen LogP) is 7.07. The Morgan fingerprint density at radius 1 is 0.971 bits per heavy atom. The van der Waals surface area contributed by atoms with Gasteiger partial charge in [-0.05, 0) is 87.9 Å². The Bertz CT molecular complexity index is 2580. The SMILES string of the molecule is COCCOCOc1c(OC)c(C)cc2c1[C@@H]1C3Cc4c(O)c(C)c5c(c4[C@H](CNC(=O)[C@H](CSCC4c6ccccc6-c6ccccc64)NC(=O)OC(C)(C)C)N3[C@@H](C#N)[C@@H](C2)N1C)OCO5. The number of amides is 2. The van der Waals surface area contributed by atoms with Gasteiger partial charge >= 0.3 is 6.09 Å². The highest BCUT2D eigenvalue weighted by Gasteiger charge is 2.57. The molecule has 3 N–H and O–H groups in total. The summed E-state index contributed by atoms with van der Waals surface area (Å²) >= 11 is 1.59. The van der Waals surface area contributed by atoms with Crippen LogP contribution in [0.3, 0.4) is 0 Å². The quantitative estimate of drug-likeness (QED) is 0.0816. The second-order valence-electron chi connectivity index (χ2n) is 19.1. The molecule has 0 saturated carbocycles. The summed E-state index contributed by atoms with van der Waals surface area (Å²) in [7, 11) is 5.27. The number of nitrogens with one attached hydrogen (secondary N) is 2. The molecule has 1 fully saturated rings. The number of thioether (sulfide) groups is 1. The molecule has 1 unspecified atom stereocenters. The van der Waals surface area contributed by atoms with Gasteiger partial charge in [-0.15, -0.1) is 0 Å². The molecular weight excluding hydrogens is 887 g/mol. The fourth-order valence-electron chi connectivity index (χ4n) is 11.2. The molecule has 68 heavy (non-hydrogen) atoms. The van der Waals surface area contributed by atoms with Gasteiger partial charge in [0.05, 0.1) is 38.5 Å². The molecule has 9 rings (SSSR count). The highest BCUT2D eigenvalue weighted by Crippen LogP contribution is 2.58. The van der Waals surface area contributed by atoms with Crippen LogP contribution in [0.5, 0.6) is 28.7 Å². The van der Waals surface area contributed by atoms with E-state index in [9.17, 15) is 20.0 Å². The Morgan fingerprint density at radius 2 is 1.68 bits per heavy atom. The molecule has 6 atom stereocenters. The molecule has 15 nitrogen and oxygen atoms in total. The van der Waals surface area contributed by atoms with Gasteiger partial charge in [0.15, 0.2) is 29.8 Å². The van der Waals surface area contributed by atoms with Crippen LogP contribution in [-0.2, 0) is 31.8 Å². The molecule has 4 aromatic rings. The first-order valence-electron chi connectivity index (χ1n) is 23.2. The van der Waals surface area contributed by atoms with Crippen LogP contribution in [0.2, 0.25) is 0 Å². The van der Waals surface area contributed by atoms with Crippen LogP contribution in [0.1, 0.15) is 83.3 Å². The van der Waals surface area contributed by atoms with Crippen molar-refractivity contribution < 1.29 is 47.9 Å². The molecule has 2 amide bonds. The third kappa shape index (κ3) is 8.57. The number of carbonyl (C=O) groups excluding carboxylic acids is 2. The monoisotopic (exact) mass is 947 g/mol. The van der Waals surface area contributed by atoms with Crippen LogP contribution < -0.4 is 29.6 Å². The van der Waals surface area contributed by atoms with E-state index in [0.29, 0.717) is 71.5 Å². The second kappa shape index (κ2) is 19.4. The lowest BCUT2D eigenvalue weighted by Crippen LogP contribution is -2.69. The number of aromatic hydroxyl groups is 1. The lowest BCUT2D eigenvalue weighted by molar-refractivity contribution is -0.123. The van der Waals surface area contributed by atoms with E-state index in [1.165, 1.54) is 22.3 Å². The number of phenols is 1. The van der Waals surface area contributed by atoms with E-state index in [1.54, 1.807) is 53.7 Å². The number of rotatable bonds is 15. The number of methoxy groups -OCH3 is 2. The Morgan fingerprint density at radius 3 is 2.35 bits per heavy atom. The van der Waals surface area contributed by atoms with Gasteiger partial charge in [-0.1, -0.05) is 54.6 Å². The Hall–Kier alpha value is -5.70. The maximum Gasteiger partial charge on any atom is 0.408 e. The molecule has 4 aromatic carbocycles. The molecule has 1 aliphatic carbocycles. The number of ether oxygens (including phenoxy) is 7. The molecular formula is C52H61N5O10S. The molecule has 0 radical (unpaired) electrons. The molecule has 360 valence electrons. The van der Waals surface area contributed by atoms with Crippen molar-refractivity contribution in [3.8, 4) is 45.9 Å². The van der Waals surface area contributed by atoms with E-state index >= 15 is 0 Å². The minimum Gasteiger partial charge on any atom is -0.507 e. The summed E-state index contributed by atoms with van der Waals surface area (Å²) in [5, 5.41) is 29.5. The number of alkyl carbamates (subject to hydrolysis) is 1. The van der Waals surface area contributed by atoms with Crippen molar-refractivity contribution in [2.24, 2.45) is 0 Å². The van der Waals surface area contributed by atoms with E-state index in [4.69, 9.17) is 33.2 Å².